The van der Waals surface area contributed by atoms with E-state index in [0.717, 1.165) is 12.1 Å². The van der Waals surface area contributed by atoms with Gasteiger partial charge in [-0.05, 0) is 24.3 Å². The maximum Gasteiger partial charge on any atom is 0.418 e. The van der Waals surface area contributed by atoms with Crippen molar-refractivity contribution < 1.29 is 22.8 Å². The number of benzene rings is 1. The minimum atomic E-state index is -4.64. The summed E-state index contributed by atoms with van der Waals surface area (Å²) >= 11 is 5.70. The second kappa shape index (κ2) is 6.66. The number of para-hydroxylation sites is 1. The fraction of sp³-hybridized carbons (Fsp3) is 0.0714. The second-order valence-electron chi connectivity index (χ2n) is 4.29. The predicted molar refractivity (Wildman–Crippen MR) is 77.2 cm³/mol. The van der Waals surface area contributed by atoms with Crippen molar-refractivity contribution in [3.05, 3.63) is 58.9 Å². The summed E-state index contributed by atoms with van der Waals surface area (Å²) in [4.78, 5) is 27.2. The highest BCUT2D eigenvalue weighted by atomic mass is 35.5. The molecular formula is C14H9ClF3N3O2. The summed E-state index contributed by atoms with van der Waals surface area (Å²) in [6, 6.07) is 6.03. The third-order valence-corrected chi connectivity index (χ3v) is 3.01. The Morgan fingerprint density at radius 1 is 1.09 bits per heavy atom. The van der Waals surface area contributed by atoms with Crippen LogP contribution in [0.2, 0.25) is 5.15 Å². The average Bonchev–Trinajstić information content (AvgIpc) is 2.46. The van der Waals surface area contributed by atoms with Crippen LogP contribution < -0.4 is 10.6 Å². The summed E-state index contributed by atoms with van der Waals surface area (Å²) in [6.45, 7) is 0. The lowest BCUT2D eigenvalue weighted by molar-refractivity contribution is -0.136. The van der Waals surface area contributed by atoms with Crippen molar-refractivity contribution in [3.63, 3.8) is 0 Å². The molecule has 0 unspecified atom stereocenters. The number of hydrogen-bond donors (Lipinski definition) is 2. The summed E-state index contributed by atoms with van der Waals surface area (Å²) in [5, 5.41) is 3.74. The minimum absolute atomic E-state index is 0.0755. The van der Waals surface area contributed by atoms with Gasteiger partial charge in [-0.25, -0.2) is 9.78 Å². The molecule has 0 spiro atoms. The van der Waals surface area contributed by atoms with Gasteiger partial charge in [-0.15, -0.1) is 0 Å². The number of hydrogen-bond acceptors (Lipinski definition) is 3. The Morgan fingerprint density at radius 3 is 2.43 bits per heavy atom. The molecule has 2 aromatic rings. The van der Waals surface area contributed by atoms with Crippen LogP contribution >= 0.6 is 11.6 Å². The Morgan fingerprint density at radius 2 is 1.78 bits per heavy atom. The van der Waals surface area contributed by atoms with Gasteiger partial charge in [0.05, 0.1) is 16.8 Å². The first-order chi connectivity index (χ1) is 10.8. The van der Waals surface area contributed by atoms with Crippen LogP contribution in [-0.2, 0) is 6.18 Å². The maximum absolute atomic E-state index is 12.8. The molecule has 0 fully saturated rings. The van der Waals surface area contributed by atoms with E-state index in [1.807, 2.05) is 10.6 Å². The van der Waals surface area contributed by atoms with Crippen molar-refractivity contribution in [2.75, 3.05) is 5.32 Å². The van der Waals surface area contributed by atoms with Gasteiger partial charge >= 0.3 is 12.2 Å². The van der Waals surface area contributed by atoms with Gasteiger partial charge in [0.25, 0.3) is 5.91 Å². The molecule has 0 radical (unpaired) electrons. The standard InChI is InChI=1S/C14H9ClF3N3O2/c15-11-8(4-3-7-19-11)12(22)21-13(23)20-10-6-2-1-5-9(10)14(16,17)18/h1-7H,(H2,20,21,22,23). The quantitative estimate of drug-likeness (QED) is 0.816. The number of aromatic nitrogens is 1. The number of alkyl halides is 3. The normalized spacial score (nSPS) is 11.0. The SMILES string of the molecule is O=C(NC(=O)c1cccnc1Cl)Nc1ccccc1C(F)(F)F. The van der Waals surface area contributed by atoms with Gasteiger partial charge in [0.15, 0.2) is 0 Å². The largest absolute Gasteiger partial charge is 0.418 e. The number of urea groups is 1. The first-order valence-electron chi connectivity index (χ1n) is 6.18. The Balaban J connectivity index is 2.12. The summed E-state index contributed by atoms with van der Waals surface area (Å²) in [6.07, 6.45) is -3.29. The van der Waals surface area contributed by atoms with Gasteiger partial charge in [-0.2, -0.15) is 13.2 Å². The second-order valence-corrected chi connectivity index (χ2v) is 4.65. The van der Waals surface area contributed by atoms with Crippen LogP contribution in [0.15, 0.2) is 42.6 Å². The lowest BCUT2D eigenvalue weighted by Crippen LogP contribution is -2.35. The Bertz CT molecular complexity index is 750. The molecule has 0 saturated heterocycles. The Hall–Kier alpha value is -2.61. The molecule has 0 aliphatic heterocycles. The lowest BCUT2D eigenvalue weighted by Gasteiger charge is -2.13. The molecule has 2 rings (SSSR count). The topological polar surface area (TPSA) is 71.1 Å². The monoisotopic (exact) mass is 343 g/mol. The van der Waals surface area contributed by atoms with Crippen molar-refractivity contribution in [1.29, 1.82) is 0 Å². The van der Waals surface area contributed by atoms with E-state index in [4.69, 9.17) is 11.6 Å². The molecular weight excluding hydrogens is 335 g/mol. The first-order valence-corrected chi connectivity index (χ1v) is 6.56. The van der Waals surface area contributed by atoms with Crippen molar-refractivity contribution in [3.8, 4) is 0 Å². The van der Waals surface area contributed by atoms with E-state index in [0.29, 0.717) is 0 Å². The number of carbonyl (C=O) groups excluding carboxylic acids is 2. The van der Waals surface area contributed by atoms with Gasteiger partial charge < -0.3 is 5.32 Å². The number of nitrogens with zero attached hydrogens (tertiary/aromatic N) is 1. The molecule has 5 nitrogen and oxygen atoms in total. The van der Waals surface area contributed by atoms with Gasteiger partial charge in [0.1, 0.15) is 5.15 Å². The van der Waals surface area contributed by atoms with Crippen LogP contribution in [0, 0.1) is 0 Å². The first kappa shape index (κ1) is 16.8. The van der Waals surface area contributed by atoms with Crippen molar-refractivity contribution in [1.82, 2.24) is 10.3 Å². The Labute approximate surface area is 133 Å². The molecule has 0 aliphatic rings. The molecule has 1 aromatic carbocycles. The smallest absolute Gasteiger partial charge is 0.307 e. The van der Waals surface area contributed by atoms with Crippen molar-refractivity contribution in [2.45, 2.75) is 6.18 Å². The molecule has 23 heavy (non-hydrogen) atoms. The van der Waals surface area contributed by atoms with E-state index in [2.05, 4.69) is 4.98 Å². The van der Waals surface area contributed by atoms with Crippen molar-refractivity contribution >= 4 is 29.2 Å². The van der Waals surface area contributed by atoms with Gasteiger partial charge in [0, 0.05) is 6.20 Å². The van der Waals surface area contributed by atoms with Crippen LogP contribution in [0.3, 0.4) is 0 Å². The van der Waals surface area contributed by atoms with E-state index in [9.17, 15) is 22.8 Å². The molecule has 1 aromatic heterocycles. The highest BCUT2D eigenvalue weighted by Crippen LogP contribution is 2.34. The highest BCUT2D eigenvalue weighted by molar-refractivity contribution is 6.33. The molecule has 0 atom stereocenters. The summed E-state index contributed by atoms with van der Waals surface area (Å²) in [7, 11) is 0. The van der Waals surface area contributed by atoms with Crippen LogP contribution in [0.25, 0.3) is 0 Å². The van der Waals surface area contributed by atoms with E-state index >= 15 is 0 Å². The third kappa shape index (κ3) is 4.19. The van der Waals surface area contributed by atoms with Crippen molar-refractivity contribution in [2.24, 2.45) is 0 Å². The highest BCUT2D eigenvalue weighted by Gasteiger charge is 2.33. The number of nitrogens with one attached hydrogen (secondary N) is 2. The van der Waals surface area contributed by atoms with Gasteiger partial charge in [0.2, 0.25) is 0 Å². The molecule has 3 amide bonds. The number of rotatable bonds is 2. The van der Waals surface area contributed by atoms with Gasteiger partial charge in [-0.3, -0.25) is 10.1 Å². The van der Waals surface area contributed by atoms with E-state index in [1.165, 1.54) is 30.5 Å². The fourth-order valence-corrected chi connectivity index (χ4v) is 1.92. The maximum atomic E-state index is 12.8. The molecule has 2 N–H and O–H groups in total. The number of carbonyl (C=O) groups is 2. The van der Waals surface area contributed by atoms with Crippen LogP contribution in [-0.4, -0.2) is 16.9 Å². The minimum Gasteiger partial charge on any atom is -0.307 e. The molecule has 0 bridgehead atoms. The molecule has 0 saturated carbocycles. The lowest BCUT2D eigenvalue weighted by atomic mass is 10.1. The summed E-state index contributed by atoms with van der Waals surface area (Å²) < 4.78 is 38.4. The van der Waals surface area contributed by atoms with Crippen LogP contribution in [0.4, 0.5) is 23.7 Å². The third-order valence-electron chi connectivity index (χ3n) is 2.71. The number of pyridine rings is 1. The van der Waals surface area contributed by atoms with E-state index in [1.54, 1.807) is 0 Å². The molecule has 1 heterocycles. The zero-order valence-corrected chi connectivity index (χ0v) is 12.1. The van der Waals surface area contributed by atoms with Crippen LogP contribution in [0.5, 0.6) is 0 Å². The molecule has 120 valence electrons. The van der Waals surface area contributed by atoms with Crippen LogP contribution in [0.1, 0.15) is 15.9 Å². The number of anilines is 1. The zero-order chi connectivity index (χ0) is 17.0. The molecule has 9 heteroatoms. The summed E-state index contributed by atoms with van der Waals surface area (Å²) in [5.41, 5.74) is -1.57. The Kier molecular flexibility index (Phi) is 4.85. The predicted octanol–water partition coefficient (Wildman–Crippen LogP) is 3.72. The zero-order valence-electron chi connectivity index (χ0n) is 11.3. The average molecular weight is 344 g/mol. The fourth-order valence-electron chi connectivity index (χ4n) is 1.72. The number of imide groups is 1. The van der Waals surface area contributed by atoms with E-state index in [-0.39, 0.29) is 10.7 Å². The number of amides is 3. The number of halogens is 4. The van der Waals surface area contributed by atoms with Gasteiger partial charge in [-0.1, -0.05) is 23.7 Å². The summed E-state index contributed by atoms with van der Waals surface area (Å²) in [5.74, 6) is -0.884. The molecule has 0 aliphatic carbocycles. The van der Waals surface area contributed by atoms with E-state index < -0.39 is 29.4 Å².